The Labute approximate surface area is 167 Å². The highest BCUT2D eigenvalue weighted by Crippen LogP contribution is 2.50. The highest BCUT2D eigenvalue weighted by molar-refractivity contribution is 6.00. The van der Waals surface area contributed by atoms with Gasteiger partial charge in [-0.15, -0.1) is 0 Å². The number of fused-ring (bicyclic) bond motifs is 1. The lowest BCUT2D eigenvalue weighted by Crippen LogP contribution is -2.54. The minimum atomic E-state index is -1.53. The van der Waals surface area contributed by atoms with Crippen molar-refractivity contribution >= 4 is 5.71 Å². The zero-order valence-electron chi connectivity index (χ0n) is 16.4. The molecule has 1 N–H and O–H groups in total. The molecule has 28 heavy (non-hydrogen) atoms. The lowest BCUT2D eigenvalue weighted by Gasteiger charge is -2.48. The molecule has 0 bridgehead atoms. The predicted molar refractivity (Wildman–Crippen MR) is 107 cm³/mol. The number of hydrogen-bond donors (Lipinski definition) is 1. The molecule has 1 fully saturated rings. The first kappa shape index (κ1) is 19.8. The van der Waals surface area contributed by atoms with Crippen LogP contribution in [-0.4, -0.2) is 23.7 Å². The molecule has 0 unspecified atom stereocenters. The van der Waals surface area contributed by atoms with Gasteiger partial charge in [-0.25, -0.2) is 0 Å². The van der Waals surface area contributed by atoms with Gasteiger partial charge in [-0.3, -0.25) is 4.90 Å². The molecule has 1 saturated carbocycles. The highest BCUT2D eigenvalue weighted by Gasteiger charge is 2.56. The lowest BCUT2D eigenvalue weighted by molar-refractivity contribution is 0.145. The Morgan fingerprint density at radius 2 is 1.86 bits per heavy atom. The van der Waals surface area contributed by atoms with E-state index in [1.165, 1.54) is 5.56 Å². The molecular formula is C23H25N5. The minimum Gasteiger partial charge on any atom is -0.305 e. The number of nitriles is 3. The second-order valence-electron chi connectivity index (χ2n) is 8.23. The second kappa shape index (κ2) is 7.97. The Kier molecular flexibility index (Phi) is 5.64. The number of nitrogens with one attached hydrogen (secondary N) is 1. The van der Waals surface area contributed by atoms with Crippen molar-refractivity contribution in [1.82, 2.24) is 4.90 Å². The van der Waals surface area contributed by atoms with Gasteiger partial charge in [0.05, 0.1) is 23.9 Å². The van der Waals surface area contributed by atoms with Gasteiger partial charge in [0.25, 0.3) is 0 Å². The third-order valence-electron chi connectivity index (χ3n) is 6.01. The third-order valence-corrected chi connectivity index (χ3v) is 6.01. The fraction of sp³-hybridized carbons (Fsp3) is 0.478. The Hall–Kier alpha value is -2.94. The van der Waals surface area contributed by atoms with Crippen LogP contribution in [0.3, 0.4) is 0 Å². The van der Waals surface area contributed by atoms with Crippen LogP contribution >= 0.6 is 0 Å². The number of hydrogen-bond acceptors (Lipinski definition) is 5. The van der Waals surface area contributed by atoms with Gasteiger partial charge in [0, 0.05) is 31.5 Å². The smallest absolute Gasteiger partial charge is 0.185 e. The molecule has 3 rings (SSSR count). The molecule has 0 aromatic heterocycles. The Morgan fingerprint density at radius 3 is 2.43 bits per heavy atom. The Bertz CT molecular complexity index is 880. The van der Waals surface area contributed by atoms with Crippen LogP contribution in [0.25, 0.3) is 0 Å². The summed E-state index contributed by atoms with van der Waals surface area (Å²) in [5.41, 5.74) is 0.586. The first-order valence-electron chi connectivity index (χ1n) is 9.74. The maximum atomic E-state index is 9.94. The SMILES string of the molecule is CC(C)C[C@H]1[C@H]2CN(Cc3ccccc3)CC=C2[C@@H](C#N)C(=N)C1(C#N)C#N. The number of benzene rings is 1. The molecular weight excluding hydrogens is 346 g/mol. The van der Waals surface area contributed by atoms with E-state index in [1.54, 1.807) is 0 Å². The summed E-state index contributed by atoms with van der Waals surface area (Å²) in [6, 6.07) is 16.7. The van der Waals surface area contributed by atoms with Gasteiger partial charge in [-0.05, 0) is 23.5 Å². The van der Waals surface area contributed by atoms with Crippen molar-refractivity contribution in [2.45, 2.75) is 26.8 Å². The summed E-state index contributed by atoms with van der Waals surface area (Å²) in [7, 11) is 0. The van der Waals surface area contributed by atoms with Crippen molar-refractivity contribution in [2.24, 2.45) is 29.1 Å². The van der Waals surface area contributed by atoms with Crippen LogP contribution in [-0.2, 0) is 6.54 Å². The molecule has 0 spiro atoms. The quantitative estimate of drug-likeness (QED) is 0.811. The van der Waals surface area contributed by atoms with E-state index >= 15 is 0 Å². The van der Waals surface area contributed by atoms with Gasteiger partial charge in [-0.1, -0.05) is 50.3 Å². The molecule has 1 aromatic carbocycles. The van der Waals surface area contributed by atoms with E-state index in [0.717, 1.165) is 12.1 Å². The summed E-state index contributed by atoms with van der Waals surface area (Å²) >= 11 is 0. The largest absolute Gasteiger partial charge is 0.305 e. The lowest BCUT2D eigenvalue weighted by atomic mass is 9.54. The maximum Gasteiger partial charge on any atom is 0.185 e. The average molecular weight is 371 g/mol. The van der Waals surface area contributed by atoms with Gasteiger partial charge in [0.1, 0.15) is 5.92 Å². The number of rotatable bonds is 4. The van der Waals surface area contributed by atoms with E-state index < -0.39 is 11.3 Å². The third kappa shape index (κ3) is 3.33. The summed E-state index contributed by atoms with van der Waals surface area (Å²) in [5.74, 6) is -0.808. The van der Waals surface area contributed by atoms with Crippen molar-refractivity contribution < 1.29 is 0 Å². The predicted octanol–water partition coefficient (Wildman–Crippen LogP) is 3.91. The van der Waals surface area contributed by atoms with Gasteiger partial charge in [-0.2, -0.15) is 15.8 Å². The standard InChI is InChI=1S/C23H25N5/c1-16(2)10-21-20-13-28(12-17-6-4-3-5-7-17)9-8-18(20)19(11-24)22(27)23(21,14-25)15-26/h3-8,16,19-21,27H,9-10,12-13H2,1-2H3/t19-,20+,21+/m1/s1. The van der Waals surface area contributed by atoms with Gasteiger partial charge < -0.3 is 5.41 Å². The van der Waals surface area contributed by atoms with E-state index in [9.17, 15) is 15.8 Å². The van der Waals surface area contributed by atoms with Crippen LogP contribution in [0.5, 0.6) is 0 Å². The molecule has 2 aliphatic rings. The molecule has 1 heterocycles. The molecule has 0 radical (unpaired) electrons. The van der Waals surface area contributed by atoms with Crippen LogP contribution in [0, 0.1) is 68.5 Å². The molecule has 0 amide bonds. The molecule has 1 aliphatic heterocycles. The first-order valence-corrected chi connectivity index (χ1v) is 9.74. The normalized spacial score (nSPS) is 26.5. The molecule has 142 valence electrons. The van der Waals surface area contributed by atoms with E-state index in [1.807, 2.05) is 18.2 Å². The minimum absolute atomic E-state index is 0.0374. The fourth-order valence-electron chi connectivity index (χ4n) is 4.70. The van der Waals surface area contributed by atoms with E-state index in [-0.39, 0.29) is 17.5 Å². The van der Waals surface area contributed by atoms with Crippen LogP contribution in [0.15, 0.2) is 42.0 Å². The molecule has 5 heteroatoms. The average Bonchev–Trinajstić information content (AvgIpc) is 2.70. The van der Waals surface area contributed by atoms with E-state index in [4.69, 9.17) is 5.41 Å². The zero-order chi connectivity index (χ0) is 20.3. The fourth-order valence-corrected chi connectivity index (χ4v) is 4.70. The Balaban J connectivity index is 2.00. The monoisotopic (exact) mass is 371 g/mol. The van der Waals surface area contributed by atoms with Crippen molar-refractivity contribution in [3.8, 4) is 18.2 Å². The van der Waals surface area contributed by atoms with Crippen LogP contribution in [0.4, 0.5) is 0 Å². The maximum absolute atomic E-state index is 9.94. The number of nitrogens with zero attached hydrogens (tertiary/aromatic N) is 4. The van der Waals surface area contributed by atoms with Crippen molar-refractivity contribution in [1.29, 1.82) is 21.2 Å². The summed E-state index contributed by atoms with van der Waals surface area (Å²) < 4.78 is 0. The second-order valence-corrected chi connectivity index (χ2v) is 8.23. The topological polar surface area (TPSA) is 98.5 Å². The molecule has 1 aromatic rings. The Morgan fingerprint density at radius 1 is 1.18 bits per heavy atom. The summed E-state index contributed by atoms with van der Waals surface area (Å²) in [4.78, 5) is 2.31. The molecule has 0 saturated heterocycles. The molecule has 3 atom stereocenters. The van der Waals surface area contributed by atoms with Crippen molar-refractivity contribution in [2.75, 3.05) is 13.1 Å². The van der Waals surface area contributed by atoms with Crippen molar-refractivity contribution in [3.05, 3.63) is 47.5 Å². The zero-order valence-corrected chi connectivity index (χ0v) is 16.4. The summed E-state index contributed by atoms with van der Waals surface area (Å²) in [6.45, 7) is 6.36. The van der Waals surface area contributed by atoms with Crippen LogP contribution in [0.1, 0.15) is 25.8 Å². The van der Waals surface area contributed by atoms with E-state index in [0.29, 0.717) is 25.4 Å². The molecule has 1 aliphatic carbocycles. The first-order chi connectivity index (χ1) is 13.5. The highest BCUT2D eigenvalue weighted by atomic mass is 15.1. The van der Waals surface area contributed by atoms with Crippen molar-refractivity contribution in [3.63, 3.8) is 0 Å². The summed E-state index contributed by atoms with van der Waals surface area (Å²) in [6.07, 6.45) is 2.74. The van der Waals surface area contributed by atoms with Crippen LogP contribution in [0.2, 0.25) is 0 Å². The van der Waals surface area contributed by atoms with Gasteiger partial charge in [0.2, 0.25) is 0 Å². The van der Waals surface area contributed by atoms with Crippen LogP contribution < -0.4 is 0 Å². The van der Waals surface area contributed by atoms with E-state index in [2.05, 4.69) is 55.2 Å². The molecule has 5 nitrogen and oxygen atoms in total. The van der Waals surface area contributed by atoms with Gasteiger partial charge >= 0.3 is 0 Å². The summed E-state index contributed by atoms with van der Waals surface area (Å²) in [5, 5.41) is 38.2. The van der Waals surface area contributed by atoms with Gasteiger partial charge in [0.15, 0.2) is 5.41 Å².